The highest BCUT2D eigenvalue weighted by Gasteiger charge is 2.00. The Balaban J connectivity index is 2.23. The third kappa shape index (κ3) is 2.81. The fourth-order valence-electron chi connectivity index (χ4n) is 0.576. The van der Waals surface area contributed by atoms with Crippen LogP contribution in [0.2, 0.25) is 0 Å². The van der Waals surface area contributed by atoms with Crippen molar-refractivity contribution in [2.45, 2.75) is 6.92 Å². The smallest absolute Gasteiger partial charge is 0.205 e. The van der Waals surface area contributed by atoms with E-state index >= 15 is 0 Å². The minimum Gasteiger partial charge on any atom is -0.396 e. The van der Waals surface area contributed by atoms with E-state index in [9.17, 15) is 0 Å². The molecule has 1 atom stereocenters. The van der Waals surface area contributed by atoms with Gasteiger partial charge in [0.05, 0.1) is 0 Å². The highest BCUT2D eigenvalue weighted by Crippen LogP contribution is 2.08. The maximum Gasteiger partial charge on any atom is 0.205 e. The molecule has 1 unspecified atom stereocenters. The van der Waals surface area contributed by atoms with E-state index in [-0.39, 0.29) is 12.5 Å². The molecule has 0 radical (unpaired) electrons. The lowest BCUT2D eigenvalue weighted by molar-refractivity contribution is 0.244. The number of aromatic nitrogens is 2. The van der Waals surface area contributed by atoms with Gasteiger partial charge in [-0.25, -0.2) is 0 Å². The van der Waals surface area contributed by atoms with E-state index in [1.807, 2.05) is 6.92 Å². The second kappa shape index (κ2) is 4.25. The molecule has 2 N–H and O–H groups in total. The van der Waals surface area contributed by atoms with Gasteiger partial charge in [0.25, 0.3) is 0 Å². The molecule has 1 rings (SSSR count). The zero-order valence-corrected chi connectivity index (χ0v) is 7.14. The molecule has 0 bridgehead atoms. The normalized spacial score (nSPS) is 12.9. The van der Waals surface area contributed by atoms with E-state index in [0.29, 0.717) is 0 Å². The fraction of sp³-hybridized carbons (Fsp3) is 0.667. The lowest BCUT2D eigenvalue weighted by atomic mass is 10.2. The molecular formula is C6H11N3OS. The number of aliphatic hydroxyl groups is 1. The predicted molar refractivity (Wildman–Crippen MR) is 44.6 cm³/mol. The van der Waals surface area contributed by atoms with E-state index in [0.717, 1.165) is 11.7 Å². The zero-order chi connectivity index (χ0) is 8.10. The first-order valence-electron chi connectivity index (χ1n) is 3.44. The van der Waals surface area contributed by atoms with E-state index in [2.05, 4.69) is 15.5 Å². The molecular weight excluding hydrogens is 162 g/mol. The van der Waals surface area contributed by atoms with Crippen LogP contribution in [0.15, 0.2) is 5.51 Å². The quantitative estimate of drug-likeness (QED) is 0.699. The van der Waals surface area contributed by atoms with Crippen LogP contribution in [0, 0.1) is 5.92 Å². The molecule has 0 aliphatic carbocycles. The van der Waals surface area contributed by atoms with Crippen molar-refractivity contribution in [3.05, 3.63) is 5.51 Å². The summed E-state index contributed by atoms with van der Waals surface area (Å²) in [4.78, 5) is 0. The number of aliphatic hydroxyl groups excluding tert-OH is 1. The molecule has 1 aromatic rings. The maximum absolute atomic E-state index is 8.69. The van der Waals surface area contributed by atoms with Gasteiger partial charge in [-0.05, 0) is 5.92 Å². The van der Waals surface area contributed by atoms with Crippen LogP contribution in [-0.4, -0.2) is 28.5 Å². The summed E-state index contributed by atoms with van der Waals surface area (Å²) < 4.78 is 0. The Morgan fingerprint density at radius 3 is 3.18 bits per heavy atom. The predicted octanol–water partition coefficient (Wildman–Crippen LogP) is 0.578. The van der Waals surface area contributed by atoms with E-state index < -0.39 is 0 Å². The van der Waals surface area contributed by atoms with Gasteiger partial charge in [0, 0.05) is 13.2 Å². The fourth-order valence-corrected chi connectivity index (χ4v) is 1.03. The van der Waals surface area contributed by atoms with Crippen molar-refractivity contribution in [1.82, 2.24) is 10.2 Å². The largest absolute Gasteiger partial charge is 0.396 e. The van der Waals surface area contributed by atoms with Gasteiger partial charge < -0.3 is 10.4 Å². The minimum absolute atomic E-state index is 0.200. The molecule has 0 aromatic carbocycles. The van der Waals surface area contributed by atoms with Gasteiger partial charge >= 0.3 is 0 Å². The van der Waals surface area contributed by atoms with Gasteiger partial charge in [0.15, 0.2) is 0 Å². The van der Waals surface area contributed by atoms with Gasteiger partial charge in [-0.3, -0.25) is 0 Å². The molecule has 0 fully saturated rings. The molecule has 0 aliphatic heterocycles. The molecule has 0 saturated carbocycles. The van der Waals surface area contributed by atoms with Crippen LogP contribution in [0.5, 0.6) is 0 Å². The maximum atomic E-state index is 8.69. The number of nitrogens with one attached hydrogen (secondary N) is 1. The summed E-state index contributed by atoms with van der Waals surface area (Å²) in [5, 5.41) is 20.0. The Morgan fingerprint density at radius 2 is 2.64 bits per heavy atom. The summed E-state index contributed by atoms with van der Waals surface area (Å²) in [6.45, 7) is 2.91. The lowest BCUT2D eigenvalue weighted by Gasteiger charge is -2.06. The second-order valence-corrected chi connectivity index (χ2v) is 3.25. The van der Waals surface area contributed by atoms with E-state index in [1.165, 1.54) is 11.3 Å². The lowest BCUT2D eigenvalue weighted by Crippen LogP contribution is -2.14. The molecule has 11 heavy (non-hydrogen) atoms. The topological polar surface area (TPSA) is 58.0 Å². The van der Waals surface area contributed by atoms with Crippen molar-refractivity contribution in [1.29, 1.82) is 0 Å². The summed E-state index contributed by atoms with van der Waals surface area (Å²) in [5.41, 5.74) is 1.67. The number of hydrogen-bond acceptors (Lipinski definition) is 5. The van der Waals surface area contributed by atoms with Gasteiger partial charge in [0.2, 0.25) is 5.13 Å². The van der Waals surface area contributed by atoms with Crippen molar-refractivity contribution in [3.8, 4) is 0 Å². The van der Waals surface area contributed by atoms with Crippen molar-refractivity contribution in [2.24, 2.45) is 5.92 Å². The Labute approximate surface area is 69.3 Å². The van der Waals surface area contributed by atoms with Gasteiger partial charge in [-0.15, -0.1) is 10.2 Å². The summed E-state index contributed by atoms with van der Waals surface area (Å²) in [6, 6.07) is 0. The number of nitrogens with zero attached hydrogens (tertiary/aromatic N) is 2. The first-order chi connectivity index (χ1) is 5.33. The summed E-state index contributed by atoms with van der Waals surface area (Å²) in [7, 11) is 0. The molecule has 0 aliphatic rings. The van der Waals surface area contributed by atoms with Crippen LogP contribution in [0.25, 0.3) is 0 Å². The van der Waals surface area contributed by atoms with Crippen molar-refractivity contribution >= 4 is 16.5 Å². The zero-order valence-electron chi connectivity index (χ0n) is 6.32. The van der Waals surface area contributed by atoms with Crippen LogP contribution in [0.1, 0.15) is 6.92 Å². The van der Waals surface area contributed by atoms with Crippen LogP contribution >= 0.6 is 11.3 Å². The van der Waals surface area contributed by atoms with Crippen LogP contribution in [0.4, 0.5) is 5.13 Å². The van der Waals surface area contributed by atoms with Crippen LogP contribution in [0.3, 0.4) is 0 Å². The first-order valence-corrected chi connectivity index (χ1v) is 4.31. The Hall–Kier alpha value is -0.680. The molecule has 5 heteroatoms. The summed E-state index contributed by atoms with van der Waals surface area (Å²) in [5.74, 6) is 0.263. The highest BCUT2D eigenvalue weighted by molar-refractivity contribution is 7.13. The standard InChI is InChI=1S/C6H11N3OS/c1-5(3-10)2-7-6-9-8-4-11-6/h4-5,10H,2-3H2,1H3,(H,7,9). The molecule has 62 valence electrons. The Kier molecular flexibility index (Phi) is 3.25. The van der Waals surface area contributed by atoms with Gasteiger partial charge in [-0.1, -0.05) is 18.3 Å². The molecule has 1 aromatic heterocycles. The highest BCUT2D eigenvalue weighted by atomic mass is 32.1. The summed E-state index contributed by atoms with van der Waals surface area (Å²) >= 11 is 1.46. The number of hydrogen-bond donors (Lipinski definition) is 2. The molecule has 0 amide bonds. The Morgan fingerprint density at radius 1 is 1.82 bits per heavy atom. The first kappa shape index (κ1) is 8.42. The van der Waals surface area contributed by atoms with Gasteiger partial charge in [-0.2, -0.15) is 0 Å². The van der Waals surface area contributed by atoms with Crippen molar-refractivity contribution in [2.75, 3.05) is 18.5 Å². The molecule has 0 saturated heterocycles. The van der Waals surface area contributed by atoms with Crippen LogP contribution < -0.4 is 5.32 Å². The second-order valence-electron chi connectivity index (χ2n) is 2.41. The third-order valence-electron chi connectivity index (χ3n) is 1.27. The molecule has 1 heterocycles. The SMILES string of the molecule is CC(CO)CNc1nncs1. The van der Waals surface area contributed by atoms with E-state index in [1.54, 1.807) is 5.51 Å². The Bertz CT molecular complexity index is 190. The average Bonchev–Trinajstić information content (AvgIpc) is 2.52. The third-order valence-corrected chi connectivity index (χ3v) is 1.92. The number of anilines is 1. The number of rotatable bonds is 4. The molecule has 0 spiro atoms. The minimum atomic E-state index is 0.200. The monoisotopic (exact) mass is 173 g/mol. The van der Waals surface area contributed by atoms with Crippen molar-refractivity contribution < 1.29 is 5.11 Å². The average molecular weight is 173 g/mol. The van der Waals surface area contributed by atoms with Gasteiger partial charge in [0.1, 0.15) is 5.51 Å². The van der Waals surface area contributed by atoms with Crippen molar-refractivity contribution in [3.63, 3.8) is 0 Å². The molecule has 4 nitrogen and oxygen atoms in total. The van der Waals surface area contributed by atoms with Crippen LogP contribution in [-0.2, 0) is 0 Å². The summed E-state index contributed by atoms with van der Waals surface area (Å²) in [6.07, 6.45) is 0. The van der Waals surface area contributed by atoms with E-state index in [4.69, 9.17) is 5.11 Å².